The summed E-state index contributed by atoms with van der Waals surface area (Å²) >= 11 is 0. The van der Waals surface area contributed by atoms with E-state index in [9.17, 15) is 0 Å². The van der Waals surface area contributed by atoms with E-state index in [4.69, 9.17) is 5.73 Å². The van der Waals surface area contributed by atoms with Crippen molar-refractivity contribution >= 4 is 0 Å². The lowest BCUT2D eigenvalue weighted by molar-refractivity contribution is 0.253. The molecule has 1 saturated carbocycles. The summed E-state index contributed by atoms with van der Waals surface area (Å²) in [5, 5.41) is 0. The highest BCUT2D eigenvalue weighted by Crippen LogP contribution is 2.39. The van der Waals surface area contributed by atoms with Crippen molar-refractivity contribution in [2.24, 2.45) is 5.73 Å². The van der Waals surface area contributed by atoms with Crippen molar-refractivity contribution in [1.29, 1.82) is 0 Å². The minimum absolute atomic E-state index is 0.106. The van der Waals surface area contributed by atoms with E-state index in [0.717, 1.165) is 29.7 Å². The summed E-state index contributed by atoms with van der Waals surface area (Å²) in [7, 11) is 0. The van der Waals surface area contributed by atoms with Crippen LogP contribution in [0.15, 0.2) is 72.9 Å². The number of nitrogens with two attached hydrogens (primary N) is 1. The molecule has 3 aromatic rings. The molecular formula is C21H20N2. The van der Waals surface area contributed by atoms with Gasteiger partial charge in [-0.15, -0.1) is 0 Å². The average molecular weight is 300 g/mol. The van der Waals surface area contributed by atoms with Crippen LogP contribution in [0.3, 0.4) is 0 Å². The Bertz CT molecular complexity index is 803. The minimum Gasteiger partial charge on any atom is -0.321 e. The molecule has 1 aliphatic carbocycles. The zero-order valence-electron chi connectivity index (χ0n) is 13.1. The van der Waals surface area contributed by atoms with Gasteiger partial charge in [0, 0.05) is 22.9 Å². The zero-order valence-corrected chi connectivity index (χ0v) is 13.1. The maximum atomic E-state index is 6.42. The van der Waals surface area contributed by atoms with Gasteiger partial charge in [-0.05, 0) is 36.5 Å². The third-order valence-corrected chi connectivity index (χ3v) is 4.87. The molecule has 1 heterocycles. The molecule has 1 fully saturated rings. The molecule has 114 valence electrons. The molecule has 2 heteroatoms. The Labute approximate surface area is 137 Å². The Balaban J connectivity index is 1.74. The van der Waals surface area contributed by atoms with Crippen molar-refractivity contribution in [2.45, 2.75) is 24.8 Å². The molecule has 0 aliphatic heterocycles. The van der Waals surface area contributed by atoms with Gasteiger partial charge in [0.25, 0.3) is 0 Å². The molecule has 2 nitrogen and oxygen atoms in total. The molecule has 1 aromatic heterocycles. The molecule has 0 bridgehead atoms. The van der Waals surface area contributed by atoms with Crippen LogP contribution in [-0.2, 0) is 5.54 Å². The smallest absolute Gasteiger partial charge is 0.0780 e. The highest BCUT2D eigenvalue weighted by atomic mass is 14.8. The SMILES string of the molecule is NC1(c2ccc(-c3ncccc3-c3ccccc3)cc2)CCC1. The molecule has 2 N–H and O–H groups in total. The molecule has 2 aromatic carbocycles. The fraction of sp³-hybridized carbons (Fsp3) is 0.190. The summed E-state index contributed by atoms with van der Waals surface area (Å²) in [6.45, 7) is 0. The van der Waals surface area contributed by atoms with Gasteiger partial charge >= 0.3 is 0 Å². The Kier molecular flexibility index (Phi) is 3.47. The minimum atomic E-state index is -0.106. The van der Waals surface area contributed by atoms with Crippen molar-refractivity contribution in [3.05, 3.63) is 78.5 Å². The van der Waals surface area contributed by atoms with Gasteiger partial charge in [0.05, 0.1) is 5.69 Å². The van der Waals surface area contributed by atoms with Crippen LogP contribution in [0, 0.1) is 0 Å². The molecule has 0 spiro atoms. The van der Waals surface area contributed by atoms with Crippen molar-refractivity contribution in [3.63, 3.8) is 0 Å². The predicted molar refractivity (Wildman–Crippen MR) is 94.8 cm³/mol. The second kappa shape index (κ2) is 5.64. The second-order valence-electron chi connectivity index (χ2n) is 6.35. The van der Waals surface area contributed by atoms with Gasteiger partial charge in [0.15, 0.2) is 0 Å². The first-order chi connectivity index (χ1) is 11.3. The fourth-order valence-electron chi connectivity index (χ4n) is 3.29. The molecule has 23 heavy (non-hydrogen) atoms. The first kappa shape index (κ1) is 14.2. The summed E-state index contributed by atoms with van der Waals surface area (Å²) in [6, 6.07) is 23.1. The van der Waals surface area contributed by atoms with Gasteiger partial charge < -0.3 is 5.73 Å². The lowest BCUT2D eigenvalue weighted by atomic mass is 9.72. The maximum absolute atomic E-state index is 6.42. The zero-order chi connectivity index (χ0) is 15.7. The van der Waals surface area contributed by atoms with Crippen LogP contribution in [0.5, 0.6) is 0 Å². The number of hydrogen-bond acceptors (Lipinski definition) is 2. The van der Waals surface area contributed by atoms with E-state index in [1.54, 1.807) is 0 Å². The van der Waals surface area contributed by atoms with Gasteiger partial charge in [0.1, 0.15) is 0 Å². The average Bonchev–Trinajstić information content (AvgIpc) is 2.61. The van der Waals surface area contributed by atoms with Crippen LogP contribution in [0.2, 0.25) is 0 Å². The quantitative estimate of drug-likeness (QED) is 0.758. The number of hydrogen-bond donors (Lipinski definition) is 1. The van der Waals surface area contributed by atoms with E-state index in [1.807, 2.05) is 18.3 Å². The predicted octanol–water partition coefficient (Wildman–Crippen LogP) is 4.75. The van der Waals surface area contributed by atoms with Crippen molar-refractivity contribution in [3.8, 4) is 22.4 Å². The Morgan fingerprint density at radius 2 is 1.52 bits per heavy atom. The first-order valence-corrected chi connectivity index (χ1v) is 8.16. The van der Waals surface area contributed by atoms with Gasteiger partial charge in [-0.2, -0.15) is 0 Å². The van der Waals surface area contributed by atoms with Crippen molar-refractivity contribution in [2.75, 3.05) is 0 Å². The van der Waals surface area contributed by atoms with Gasteiger partial charge in [-0.1, -0.05) is 60.7 Å². The normalized spacial score (nSPS) is 15.9. The molecule has 0 radical (unpaired) electrons. The standard InChI is InChI=1S/C21H20N2/c22-21(13-5-14-21)18-11-9-17(10-12-18)20-19(8-4-15-23-20)16-6-2-1-3-7-16/h1-4,6-12,15H,5,13-14,22H2. The summed E-state index contributed by atoms with van der Waals surface area (Å²) in [5.74, 6) is 0. The fourth-order valence-corrected chi connectivity index (χ4v) is 3.29. The lowest BCUT2D eigenvalue weighted by Crippen LogP contribution is -2.43. The lowest BCUT2D eigenvalue weighted by Gasteiger charge is -2.38. The van der Waals surface area contributed by atoms with Crippen LogP contribution < -0.4 is 5.73 Å². The third-order valence-electron chi connectivity index (χ3n) is 4.87. The van der Waals surface area contributed by atoms with E-state index >= 15 is 0 Å². The number of aromatic nitrogens is 1. The largest absolute Gasteiger partial charge is 0.321 e. The third kappa shape index (κ3) is 2.55. The molecule has 0 saturated heterocycles. The molecule has 0 amide bonds. The molecular weight excluding hydrogens is 280 g/mol. The number of pyridine rings is 1. The topological polar surface area (TPSA) is 38.9 Å². The second-order valence-corrected chi connectivity index (χ2v) is 6.35. The van der Waals surface area contributed by atoms with Crippen LogP contribution in [0.1, 0.15) is 24.8 Å². The summed E-state index contributed by atoms with van der Waals surface area (Å²) in [6.07, 6.45) is 5.26. The van der Waals surface area contributed by atoms with Crippen LogP contribution in [0.25, 0.3) is 22.4 Å². The number of benzene rings is 2. The van der Waals surface area contributed by atoms with Crippen molar-refractivity contribution in [1.82, 2.24) is 4.98 Å². The van der Waals surface area contributed by atoms with Gasteiger partial charge in [-0.3, -0.25) is 4.98 Å². The van der Waals surface area contributed by atoms with Crippen LogP contribution >= 0.6 is 0 Å². The van der Waals surface area contributed by atoms with Gasteiger partial charge in [0.2, 0.25) is 0 Å². The summed E-state index contributed by atoms with van der Waals surface area (Å²) < 4.78 is 0. The van der Waals surface area contributed by atoms with E-state index in [0.29, 0.717) is 0 Å². The Hall–Kier alpha value is -2.45. The van der Waals surface area contributed by atoms with E-state index in [1.165, 1.54) is 17.5 Å². The molecule has 0 atom stereocenters. The summed E-state index contributed by atoms with van der Waals surface area (Å²) in [4.78, 5) is 4.62. The number of rotatable bonds is 3. The molecule has 4 rings (SSSR count). The highest BCUT2D eigenvalue weighted by molar-refractivity contribution is 5.80. The monoisotopic (exact) mass is 300 g/mol. The number of nitrogens with zero attached hydrogens (tertiary/aromatic N) is 1. The Morgan fingerprint density at radius 1 is 0.783 bits per heavy atom. The van der Waals surface area contributed by atoms with Gasteiger partial charge in [-0.25, -0.2) is 0 Å². The molecule has 1 aliphatic rings. The van der Waals surface area contributed by atoms with E-state index in [-0.39, 0.29) is 5.54 Å². The first-order valence-electron chi connectivity index (χ1n) is 8.16. The van der Waals surface area contributed by atoms with Crippen LogP contribution in [-0.4, -0.2) is 4.98 Å². The van der Waals surface area contributed by atoms with Crippen molar-refractivity contribution < 1.29 is 0 Å². The van der Waals surface area contributed by atoms with E-state index in [2.05, 4.69) is 59.6 Å². The molecule has 0 unspecified atom stereocenters. The van der Waals surface area contributed by atoms with E-state index < -0.39 is 0 Å². The maximum Gasteiger partial charge on any atom is 0.0780 e. The van der Waals surface area contributed by atoms with Crippen LogP contribution in [0.4, 0.5) is 0 Å². The Morgan fingerprint density at radius 3 is 2.17 bits per heavy atom. The summed E-state index contributed by atoms with van der Waals surface area (Å²) in [5.41, 5.74) is 12.1. The highest BCUT2D eigenvalue weighted by Gasteiger charge is 2.34.